The number of carbonyl (C=O) groups is 2. The lowest BCUT2D eigenvalue weighted by molar-refractivity contribution is -0.135. The van der Waals surface area contributed by atoms with Crippen molar-refractivity contribution in [2.45, 2.75) is 12.0 Å². The molecule has 1 N–H and O–H groups in total. The van der Waals surface area contributed by atoms with Crippen molar-refractivity contribution in [1.29, 1.82) is 0 Å². The summed E-state index contributed by atoms with van der Waals surface area (Å²) in [5, 5.41) is 10.8. The van der Waals surface area contributed by atoms with Gasteiger partial charge in [0.05, 0.1) is 12.1 Å². The van der Waals surface area contributed by atoms with Gasteiger partial charge in [-0.25, -0.2) is 0 Å². The molecule has 1 amide bonds. The lowest BCUT2D eigenvalue weighted by Crippen LogP contribution is -2.40. The van der Waals surface area contributed by atoms with Gasteiger partial charge in [0.15, 0.2) is 11.4 Å². The summed E-state index contributed by atoms with van der Waals surface area (Å²) in [7, 11) is 1.59. The Labute approximate surface area is 121 Å². The number of carbonyl (C=O) groups excluding carboxylic acids is 2. The van der Waals surface area contributed by atoms with E-state index in [1.807, 2.05) is 0 Å². The Hall–Kier alpha value is -2.53. The van der Waals surface area contributed by atoms with Crippen LogP contribution in [0.3, 0.4) is 0 Å². The molecule has 0 unspecified atom stereocenters. The van der Waals surface area contributed by atoms with Crippen molar-refractivity contribution in [2.75, 3.05) is 11.9 Å². The van der Waals surface area contributed by atoms with Gasteiger partial charge in [-0.2, -0.15) is 0 Å². The highest BCUT2D eigenvalue weighted by Gasteiger charge is 2.49. The number of nitrogens with zero attached hydrogens (tertiary/aromatic N) is 2. The Morgan fingerprint density at radius 2 is 2.05 bits per heavy atom. The first-order chi connectivity index (χ1) is 10.0. The number of amides is 1. The third-order valence-corrected chi connectivity index (χ3v) is 3.77. The van der Waals surface area contributed by atoms with E-state index >= 15 is 0 Å². The van der Waals surface area contributed by atoms with Crippen molar-refractivity contribution < 1.29 is 14.7 Å². The molecule has 1 aliphatic heterocycles. The molecule has 1 aromatic heterocycles. The van der Waals surface area contributed by atoms with Gasteiger partial charge < -0.3 is 10.0 Å². The summed E-state index contributed by atoms with van der Waals surface area (Å²) in [6, 6.07) is 10.2. The van der Waals surface area contributed by atoms with E-state index < -0.39 is 11.5 Å². The van der Waals surface area contributed by atoms with Gasteiger partial charge >= 0.3 is 0 Å². The Morgan fingerprint density at radius 1 is 1.29 bits per heavy atom. The second-order valence-electron chi connectivity index (χ2n) is 5.08. The molecule has 2 aromatic rings. The molecule has 106 valence electrons. The minimum Gasteiger partial charge on any atom is -0.375 e. The number of fused-ring (bicyclic) bond motifs is 1. The number of ketones is 1. The number of benzene rings is 1. The van der Waals surface area contributed by atoms with Crippen LogP contribution in [0.5, 0.6) is 0 Å². The van der Waals surface area contributed by atoms with Gasteiger partial charge in [0, 0.05) is 30.6 Å². The molecule has 21 heavy (non-hydrogen) atoms. The smallest absolute Gasteiger partial charge is 0.263 e. The number of likely N-dealkylation sites (N-methyl/N-ethyl adjacent to an activating group) is 1. The van der Waals surface area contributed by atoms with Crippen LogP contribution in [-0.2, 0) is 10.4 Å². The van der Waals surface area contributed by atoms with Crippen LogP contribution < -0.4 is 4.90 Å². The maximum absolute atomic E-state index is 12.4. The Bertz CT molecular complexity index is 714. The molecule has 0 saturated carbocycles. The zero-order chi connectivity index (χ0) is 15.0. The molecule has 0 radical (unpaired) electrons. The Morgan fingerprint density at radius 3 is 2.76 bits per heavy atom. The SMILES string of the molecule is CN1C(=O)[C@](O)(CC(=O)c2cccnc2)c2ccccc21. The largest absolute Gasteiger partial charge is 0.375 e. The van der Waals surface area contributed by atoms with Gasteiger partial charge in [0.1, 0.15) is 0 Å². The summed E-state index contributed by atoms with van der Waals surface area (Å²) >= 11 is 0. The van der Waals surface area contributed by atoms with Crippen molar-refractivity contribution in [2.24, 2.45) is 0 Å². The molecule has 1 aliphatic rings. The van der Waals surface area contributed by atoms with Gasteiger partial charge in [-0.1, -0.05) is 18.2 Å². The van der Waals surface area contributed by atoms with E-state index in [1.54, 1.807) is 49.6 Å². The zero-order valence-corrected chi connectivity index (χ0v) is 11.5. The monoisotopic (exact) mass is 282 g/mol. The van der Waals surface area contributed by atoms with Crippen molar-refractivity contribution >= 4 is 17.4 Å². The van der Waals surface area contributed by atoms with E-state index in [-0.39, 0.29) is 12.2 Å². The number of pyridine rings is 1. The van der Waals surface area contributed by atoms with E-state index in [2.05, 4.69) is 4.98 Å². The second-order valence-corrected chi connectivity index (χ2v) is 5.08. The Kier molecular flexibility index (Phi) is 3.07. The lowest BCUT2D eigenvalue weighted by atomic mass is 9.88. The lowest BCUT2D eigenvalue weighted by Gasteiger charge is -2.21. The summed E-state index contributed by atoms with van der Waals surface area (Å²) in [5.74, 6) is -0.801. The number of para-hydroxylation sites is 1. The van der Waals surface area contributed by atoms with Crippen LogP contribution in [0.2, 0.25) is 0 Å². The molecule has 0 fully saturated rings. The van der Waals surface area contributed by atoms with E-state index in [9.17, 15) is 14.7 Å². The molecular weight excluding hydrogens is 268 g/mol. The minimum atomic E-state index is -1.81. The van der Waals surface area contributed by atoms with Crippen LogP contribution in [0.1, 0.15) is 22.3 Å². The fourth-order valence-corrected chi connectivity index (χ4v) is 2.65. The second kappa shape index (κ2) is 4.79. The minimum absolute atomic E-state index is 0.293. The molecule has 0 aliphatic carbocycles. The molecule has 0 spiro atoms. The van der Waals surface area contributed by atoms with Gasteiger partial charge in [-0.15, -0.1) is 0 Å². The third kappa shape index (κ3) is 2.02. The molecular formula is C16H14N2O3. The average molecular weight is 282 g/mol. The van der Waals surface area contributed by atoms with Crippen LogP contribution in [0.4, 0.5) is 5.69 Å². The molecule has 1 atom stereocenters. The van der Waals surface area contributed by atoms with E-state index in [4.69, 9.17) is 0 Å². The summed E-state index contributed by atoms with van der Waals surface area (Å²) in [6.45, 7) is 0. The van der Waals surface area contributed by atoms with Crippen molar-refractivity contribution in [3.8, 4) is 0 Å². The number of aromatic nitrogens is 1. The first-order valence-electron chi connectivity index (χ1n) is 6.57. The molecule has 1 aromatic carbocycles. The summed E-state index contributed by atoms with van der Waals surface area (Å²) in [5.41, 5.74) is -0.331. The normalized spacial score (nSPS) is 20.5. The van der Waals surface area contributed by atoms with Crippen molar-refractivity contribution in [3.63, 3.8) is 0 Å². The number of rotatable bonds is 3. The third-order valence-electron chi connectivity index (χ3n) is 3.77. The maximum Gasteiger partial charge on any atom is 0.263 e. The highest BCUT2D eigenvalue weighted by atomic mass is 16.3. The first kappa shape index (κ1) is 13.5. The topological polar surface area (TPSA) is 70.5 Å². The first-order valence-corrected chi connectivity index (χ1v) is 6.57. The quantitative estimate of drug-likeness (QED) is 0.866. The Balaban J connectivity index is 1.98. The summed E-state index contributed by atoms with van der Waals surface area (Å²) in [4.78, 5) is 29.9. The summed E-state index contributed by atoms with van der Waals surface area (Å²) in [6.07, 6.45) is 2.70. The number of Topliss-reactive ketones (excluding diaryl/α,β-unsaturated/α-hetero) is 1. The van der Waals surface area contributed by atoms with Gasteiger partial charge in [-0.05, 0) is 18.2 Å². The highest BCUT2D eigenvalue weighted by molar-refractivity contribution is 6.10. The molecule has 2 heterocycles. The van der Waals surface area contributed by atoms with Crippen LogP contribution in [0.15, 0.2) is 48.8 Å². The van der Waals surface area contributed by atoms with Crippen LogP contribution in [0, 0.1) is 0 Å². The summed E-state index contributed by atoms with van der Waals surface area (Å²) < 4.78 is 0. The predicted octanol–water partition coefficient (Wildman–Crippen LogP) is 1.52. The van der Waals surface area contributed by atoms with Crippen LogP contribution in [-0.4, -0.2) is 28.8 Å². The average Bonchev–Trinajstić information content (AvgIpc) is 2.71. The van der Waals surface area contributed by atoms with Crippen molar-refractivity contribution in [1.82, 2.24) is 4.98 Å². The molecule has 0 saturated heterocycles. The number of hydrogen-bond donors (Lipinski definition) is 1. The van der Waals surface area contributed by atoms with Crippen molar-refractivity contribution in [3.05, 3.63) is 59.9 Å². The number of aliphatic hydroxyl groups is 1. The predicted molar refractivity (Wildman–Crippen MR) is 76.9 cm³/mol. The van der Waals surface area contributed by atoms with Crippen LogP contribution in [0.25, 0.3) is 0 Å². The zero-order valence-electron chi connectivity index (χ0n) is 11.5. The van der Waals surface area contributed by atoms with E-state index in [1.165, 1.54) is 11.1 Å². The number of hydrogen-bond acceptors (Lipinski definition) is 4. The maximum atomic E-state index is 12.4. The number of anilines is 1. The fraction of sp³-hybridized carbons (Fsp3) is 0.188. The van der Waals surface area contributed by atoms with Gasteiger partial charge in [-0.3, -0.25) is 14.6 Å². The molecule has 5 heteroatoms. The van der Waals surface area contributed by atoms with Gasteiger partial charge in [0.25, 0.3) is 5.91 Å². The van der Waals surface area contributed by atoms with Gasteiger partial charge in [0.2, 0.25) is 0 Å². The molecule has 0 bridgehead atoms. The fourth-order valence-electron chi connectivity index (χ4n) is 2.65. The highest BCUT2D eigenvalue weighted by Crippen LogP contribution is 2.41. The van der Waals surface area contributed by atoms with Crippen LogP contribution >= 0.6 is 0 Å². The molecule has 3 rings (SSSR count). The standard InChI is InChI=1S/C16H14N2O3/c1-18-13-7-3-2-6-12(13)16(21,15(18)20)9-14(19)11-5-4-8-17-10-11/h2-8,10,21H,9H2,1H3/t16-/m0/s1. The van der Waals surface area contributed by atoms with E-state index in [0.29, 0.717) is 16.8 Å². The molecule has 5 nitrogen and oxygen atoms in total. The van der Waals surface area contributed by atoms with E-state index in [0.717, 1.165) is 0 Å².